The van der Waals surface area contributed by atoms with Gasteiger partial charge in [-0.05, 0) is 30.3 Å². The molecule has 1 amide bonds. The quantitative estimate of drug-likeness (QED) is 0.832. The van der Waals surface area contributed by atoms with Crippen LogP contribution in [0.2, 0.25) is 5.02 Å². The molecule has 0 radical (unpaired) electrons. The smallest absolute Gasteiger partial charge is 0.243 e. The van der Waals surface area contributed by atoms with Crippen LogP contribution in [0.3, 0.4) is 0 Å². The van der Waals surface area contributed by atoms with Crippen LogP contribution in [0.15, 0.2) is 46.9 Å². The SMILES string of the molecule is COc1ccc(Cl)c(NCC(=O)Nc2cccc(Br)c2)c1. The number of benzene rings is 2. The molecule has 0 aliphatic carbocycles. The second kappa shape index (κ2) is 7.33. The molecule has 0 unspecified atom stereocenters. The maximum atomic E-state index is 11.9. The Morgan fingerprint density at radius 1 is 1.29 bits per heavy atom. The van der Waals surface area contributed by atoms with Gasteiger partial charge in [0, 0.05) is 16.2 Å². The van der Waals surface area contributed by atoms with Gasteiger partial charge in [0.15, 0.2) is 0 Å². The molecule has 0 fully saturated rings. The summed E-state index contributed by atoms with van der Waals surface area (Å²) >= 11 is 9.42. The largest absolute Gasteiger partial charge is 0.497 e. The van der Waals surface area contributed by atoms with Crippen molar-refractivity contribution in [1.82, 2.24) is 0 Å². The van der Waals surface area contributed by atoms with Gasteiger partial charge in [-0.3, -0.25) is 4.79 Å². The molecule has 0 heterocycles. The fourth-order valence-electron chi connectivity index (χ4n) is 1.71. The Kier molecular flexibility index (Phi) is 5.47. The Balaban J connectivity index is 1.95. The lowest BCUT2D eigenvalue weighted by Gasteiger charge is -2.10. The molecule has 0 saturated carbocycles. The molecule has 0 aliphatic rings. The highest BCUT2D eigenvalue weighted by atomic mass is 79.9. The number of carbonyl (C=O) groups excluding carboxylic acids is 1. The van der Waals surface area contributed by atoms with E-state index in [0.717, 1.165) is 10.2 Å². The molecule has 2 rings (SSSR count). The molecule has 0 aliphatic heterocycles. The van der Waals surface area contributed by atoms with Gasteiger partial charge in [-0.15, -0.1) is 0 Å². The van der Waals surface area contributed by atoms with Gasteiger partial charge in [0.2, 0.25) is 5.91 Å². The molecule has 110 valence electrons. The van der Waals surface area contributed by atoms with Gasteiger partial charge in [0.1, 0.15) is 5.75 Å². The summed E-state index contributed by atoms with van der Waals surface area (Å²) in [7, 11) is 1.58. The van der Waals surface area contributed by atoms with Gasteiger partial charge < -0.3 is 15.4 Å². The van der Waals surface area contributed by atoms with Crippen LogP contribution in [0.25, 0.3) is 0 Å². The second-order valence-electron chi connectivity index (χ2n) is 4.26. The number of hydrogen-bond acceptors (Lipinski definition) is 3. The molecule has 2 aromatic carbocycles. The fraction of sp³-hybridized carbons (Fsp3) is 0.133. The summed E-state index contributed by atoms with van der Waals surface area (Å²) in [5.41, 5.74) is 1.38. The third kappa shape index (κ3) is 4.65. The molecule has 0 saturated heterocycles. The maximum absolute atomic E-state index is 11.9. The van der Waals surface area contributed by atoms with Crippen molar-refractivity contribution in [3.63, 3.8) is 0 Å². The molecular weight excluding hydrogens is 356 g/mol. The van der Waals surface area contributed by atoms with Gasteiger partial charge in [-0.2, -0.15) is 0 Å². The number of halogens is 2. The van der Waals surface area contributed by atoms with Crippen molar-refractivity contribution in [2.75, 3.05) is 24.3 Å². The van der Waals surface area contributed by atoms with Crippen molar-refractivity contribution in [2.24, 2.45) is 0 Å². The van der Waals surface area contributed by atoms with Gasteiger partial charge in [-0.1, -0.05) is 33.6 Å². The molecule has 0 spiro atoms. The average Bonchev–Trinajstić information content (AvgIpc) is 2.46. The van der Waals surface area contributed by atoms with E-state index in [0.29, 0.717) is 16.5 Å². The Labute approximate surface area is 136 Å². The third-order valence-electron chi connectivity index (χ3n) is 2.72. The van der Waals surface area contributed by atoms with E-state index in [1.54, 1.807) is 25.3 Å². The standard InChI is InChI=1S/C15H14BrClN2O2/c1-21-12-5-6-13(17)14(8-12)18-9-15(20)19-11-4-2-3-10(16)7-11/h2-8,18H,9H2,1H3,(H,19,20). The fourth-order valence-corrected chi connectivity index (χ4v) is 2.30. The molecule has 21 heavy (non-hydrogen) atoms. The molecule has 6 heteroatoms. The van der Waals surface area contributed by atoms with E-state index in [1.165, 1.54) is 0 Å². The highest BCUT2D eigenvalue weighted by molar-refractivity contribution is 9.10. The summed E-state index contributed by atoms with van der Waals surface area (Å²) in [6.45, 7) is 0.111. The van der Waals surface area contributed by atoms with Crippen molar-refractivity contribution >= 4 is 44.8 Å². The lowest BCUT2D eigenvalue weighted by Crippen LogP contribution is -2.21. The highest BCUT2D eigenvalue weighted by Crippen LogP contribution is 2.26. The Morgan fingerprint density at radius 3 is 2.81 bits per heavy atom. The average molecular weight is 370 g/mol. The topological polar surface area (TPSA) is 50.4 Å². The van der Waals surface area contributed by atoms with Crippen LogP contribution in [-0.2, 0) is 4.79 Å². The van der Waals surface area contributed by atoms with E-state index >= 15 is 0 Å². The molecule has 0 bridgehead atoms. The Hall–Kier alpha value is -1.72. The summed E-state index contributed by atoms with van der Waals surface area (Å²) in [5.74, 6) is 0.515. The number of nitrogens with one attached hydrogen (secondary N) is 2. The van der Waals surface area contributed by atoms with Crippen molar-refractivity contribution < 1.29 is 9.53 Å². The van der Waals surface area contributed by atoms with Crippen LogP contribution >= 0.6 is 27.5 Å². The van der Waals surface area contributed by atoms with Crippen LogP contribution < -0.4 is 15.4 Å². The Bertz CT molecular complexity index is 649. The predicted octanol–water partition coefficient (Wildman–Crippen LogP) is 4.16. The van der Waals surface area contributed by atoms with E-state index in [-0.39, 0.29) is 12.5 Å². The number of anilines is 2. The van der Waals surface area contributed by atoms with E-state index in [2.05, 4.69) is 26.6 Å². The third-order valence-corrected chi connectivity index (χ3v) is 3.54. The molecule has 0 aromatic heterocycles. The number of rotatable bonds is 5. The predicted molar refractivity (Wildman–Crippen MR) is 89.3 cm³/mol. The van der Waals surface area contributed by atoms with E-state index in [4.69, 9.17) is 16.3 Å². The van der Waals surface area contributed by atoms with Gasteiger partial charge in [0.05, 0.1) is 24.4 Å². The van der Waals surface area contributed by atoms with Crippen LogP contribution in [0, 0.1) is 0 Å². The lowest BCUT2D eigenvalue weighted by atomic mass is 10.3. The number of carbonyl (C=O) groups is 1. The molecule has 0 atom stereocenters. The van der Waals surface area contributed by atoms with E-state index < -0.39 is 0 Å². The van der Waals surface area contributed by atoms with Crippen LogP contribution in [-0.4, -0.2) is 19.6 Å². The highest BCUT2D eigenvalue weighted by Gasteiger charge is 2.06. The van der Waals surface area contributed by atoms with E-state index in [9.17, 15) is 4.79 Å². The molecule has 2 aromatic rings. The first-order valence-electron chi connectivity index (χ1n) is 6.21. The van der Waals surface area contributed by atoms with Crippen molar-refractivity contribution in [3.8, 4) is 5.75 Å². The number of methoxy groups -OCH3 is 1. The lowest BCUT2D eigenvalue weighted by molar-refractivity contribution is -0.114. The Morgan fingerprint density at radius 2 is 2.10 bits per heavy atom. The van der Waals surface area contributed by atoms with E-state index in [1.807, 2.05) is 24.3 Å². The minimum absolute atomic E-state index is 0.111. The first-order valence-corrected chi connectivity index (χ1v) is 7.38. The van der Waals surface area contributed by atoms with Crippen LogP contribution in [0.1, 0.15) is 0 Å². The van der Waals surface area contributed by atoms with Gasteiger partial charge >= 0.3 is 0 Å². The zero-order valence-electron chi connectivity index (χ0n) is 11.3. The zero-order chi connectivity index (χ0) is 15.2. The minimum Gasteiger partial charge on any atom is -0.497 e. The first-order chi connectivity index (χ1) is 10.1. The van der Waals surface area contributed by atoms with Crippen molar-refractivity contribution in [3.05, 3.63) is 52.0 Å². The summed E-state index contributed by atoms with van der Waals surface area (Å²) in [5, 5.41) is 6.32. The van der Waals surface area contributed by atoms with Gasteiger partial charge in [-0.25, -0.2) is 0 Å². The second-order valence-corrected chi connectivity index (χ2v) is 5.58. The van der Waals surface area contributed by atoms with Crippen LogP contribution in [0.5, 0.6) is 5.75 Å². The normalized spacial score (nSPS) is 10.0. The maximum Gasteiger partial charge on any atom is 0.243 e. The number of ether oxygens (including phenoxy) is 1. The van der Waals surface area contributed by atoms with Gasteiger partial charge in [0.25, 0.3) is 0 Å². The van der Waals surface area contributed by atoms with Crippen molar-refractivity contribution in [1.29, 1.82) is 0 Å². The summed E-state index contributed by atoms with van der Waals surface area (Å²) in [4.78, 5) is 11.9. The van der Waals surface area contributed by atoms with Crippen LogP contribution in [0.4, 0.5) is 11.4 Å². The zero-order valence-corrected chi connectivity index (χ0v) is 13.7. The minimum atomic E-state index is -0.160. The number of amides is 1. The summed E-state index contributed by atoms with van der Waals surface area (Å²) in [6.07, 6.45) is 0. The number of hydrogen-bond donors (Lipinski definition) is 2. The molecule has 2 N–H and O–H groups in total. The first kappa shape index (κ1) is 15.7. The summed E-state index contributed by atoms with van der Waals surface area (Å²) < 4.78 is 6.03. The summed E-state index contributed by atoms with van der Waals surface area (Å²) in [6, 6.07) is 12.6. The molecular formula is C15H14BrClN2O2. The molecule has 4 nitrogen and oxygen atoms in total. The van der Waals surface area contributed by atoms with Crippen molar-refractivity contribution in [2.45, 2.75) is 0 Å². The monoisotopic (exact) mass is 368 g/mol.